The zero-order valence-electron chi connectivity index (χ0n) is 15.5. The minimum atomic E-state index is 0.0419. The Morgan fingerprint density at radius 3 is 2.77 bits per heavy atom. The van der Waals surface area contributed by atoms with Crippen LogP contribution in [-0.2, 0) is 11.2 Å². The van der Waals surface area contributed by atoms with Gasteiger partial charge in [-0.2, -0.15) is 5.26 Å². The Balaban J connectivity index is 1.82. The second kappa shape index (κ2) is 8.05. The van der Waals surface area contributed by atoms with E-state index in [-0.39, 0.29) is 5.91 Å². The number of nitrogens with zero attached hydrogens (tertiary/aromatic N) is 3. The summed E-state index contributed by atoms with van der Waals surface area (Å²) in [6.45, 7) is 5.77. The molecule has 0 N–H and O–H groups in total. The SMILES string of the molecule is Cc1ccc(N(CCC#N)C(=O)CN2CCCc3ccccc32)cc1C. The molecule has 1 amide bonds. The molecule has 0 aromatic heterocycles. The third-order valence-electron chi connectivity index (χ3n) is 5.08. The van der Waals surface area contributed by atoms with Gasteiger partial charge in [0.2, 0.25) is 5.91 Å². The standard InChI is InChI=1S/C22H25N3O/c1-17-10-11-20(15-18(17)2)25(14-6-12-23)22(26)16-24-13-5-8-19-7-3-4-9-21(19)24/h3-4,7,9-11,15H,5-6,8,13-14,16H2,1-2H3. The molecule has 0 spiro atoms. The molecule has 134 valence electrons. The molecular weight excluding hydrogens is 322 g/mol. The average molecular weight is 347 g/mol. The number of rotatable bonds is 5. The summed E-state index contributed by atoms with van der Waals surface area (Å²) in [7, 11) is 0. The number of para-hydroxylation sites is 1. The molecule has 1 aliphatic heterocycles. The Kier molecular flexibility index (Phi) is 5.58. The predicted octanol–water partition coefficient (Wildman–Crippen LogP) is 4.00. The number of carbonyl (C=O) groups excluding carboxylic acids is 1. The molecule has 2 aromatic carbocycles. The van der Waals surface area contributed by atoms with Crippen LogP contribution < -0.4 is 9.80 Å². The Hall–Kier alpha value is -2.80. The molecule has 1 aliphatic rings. The third-order valence-corrected chi connectivity index (χ3v) is 5.08. The van der Waals surface area contributed by atoms with Crippen molar-refractivity contribution in [2.45, 2.75) is 33.1 Å². The lowest BCUT2D eigenvalue weighted by atomic mass is 10.0. The first-order chi connectivity index (χ1) is 12.6. The Labute approximate surface area is 155 Å². The minimum Gasteiger partial charge on any atom is -0.362 e. The minimum absolute atomic E-state index is 0.0419. The maximum absolute atomic E-state index is 13.1. The van der Waals surface area contributed by atoms with Crippen LogP contribution in [0.5, 0.6) is 0 Å². The van der Waals surface area contributed by atoms with E-state index < -0.39 is 0 Å². The van der Waals surface area contributed by atoms with E-state index in [0.717, 1.165) is 36.3 Å². The van der Waals surface area contributed by atoms with Gasteiger partial charge in [-0.3, -0.25) is 4.79 Å². The summed E-state index contributed by atoms with van der Waals surface area (Å²) in [6, 6.07) is 16.5. The molecule has 0 aliphatic carbocycles. The monoisotopic (exact) mass is 347 g/mol. The van der Waals surface area contributed by atoms with Gasteiger partial charge in [0, 0.05) is 24.5 Å². The van der Waals surface area contributed by atoms with E-state index in [1.165, 1.54) is 11.1 Å². The second-order valence-electron chi connectivity index (χ2n) is 6.88. The molecule has 4 nitrogen and oxygen atoms in total. The molecule has 0 fully saturated rings. The quantitative estimate of drug-likeness (QED) is 0.821. The second-order valence-corrected chi connectivity index (χ2v) is 6.88. The normalized spacial score (nSPS) is 13.0. The number of nitriles is 1. The third kappa shape index (κ3) is 3.88. The van der Waals surface area contributed by atoms with Gasteiger partial charge in [0.25, 0.3) is 0 Å². The fourth-order valence-electron chi connectivity index (χ4n) is 3.48. The molecule has 26 heavy (non-hydrogen) atoms. The van der Waals surface area contributed by atoms with Crippen molar-refractivity contribution in [1.29, 1.82) is 5.26 Å². The van der Waals surface area contributed by atoms with E-state index in [0.29, 0.717) is 19.5 Å². The summed E-state index contributed by atoms with van der Waals surface area (Å²) in [4.78, 5) is 17.0. The van der Waals surface area contributed by atoms with E-state index in [4.69, 9.17) is 5.26 Å². The molecule has 3 rings (SSSR count). The van der Waals surface area contributed by atoms with Gasteiger partial charge in [-0.25, -0.2) is 0 Å². The van der Waals surface area contributed by atoms with Crippen molar-refractivity contribution < 1.29 is 4.79 Å². The number of benzene rings is 2. The van der Waals surface area contributed by atoms with Crippen LogP contribution in [-0.4, -0.2) is 25.5 Å². The highest BCUT2D eigenvalue weighted by Crippen LogP contribution is 2.27. The molecule has 0 bridgehead atoms. The van der Waals surface area contributed by atoms with E-state index in [2.05, 4.69) is 36.1 Å². The highest BCUT2D eigenvalue weighted by molar-refractivity contribution is 5.96. The molecule has 4 heteroatoms. The number of aryl methyl sites for hydroxylation is 3. The molecule has 1 heterocycles. The molecule has 2 aromatic rings. The van der Waals surface area contributed by atoms with Crippen molar-refractivity contribution in [3.63, 3.8) is 0 Å². The lowest BCUT2D eigenvalue weighted by Gasteiger charge is -2.33. The summed E-state index contributed by atoms with van der Waals surface area (Å²) >= 11 is 0. The average Bonchev–Trinajstić information content (AvgIpc) is 2.65. The van der Waals surface area contributed by atoms with Gasteiger partial charge in [0.05, 0.1) is 19.0 Å². The van der Waals surface area contributed by atoms with Crippen LogP contribution in [0.4, 0.5) is 11.4 Å². The zero-order chi connectivity index (χ0) is 18.5. The van der Waals surface area contributed by atoms with Crippen LogP contribution >= 0.6 is 0 Å². The summed E-state index contributed by atoms with van der Waals surface area (Å²) in [5.74, 6) is 0.0419. The van der Waals surface area contributed by atoms with Crippen molar-refractivity contribution in [3.05, 3.63) is 59.2 Å². The van der Waals surface area contributed by atoms with Gasteiger partial charge >= 0.3 is 0 Å². The predicted molar refractivity (Wildman–Crippen MR) is 105 cm³/mol. The molecular formula is C22H25N3O. The topological polar surface area (TPSA) is 47.3 Å². The van der Waals surface area contributed by atoms with E-state index >= 15 is 0 Å². The smallest absolute Gasteiger partial charge is 0.246 e. The molecule has 0 radical (unpaired) electrons. The summed E-state index contributed by atoms with van der Waals surface area (Å²) in [5.41, 5.74) is 5.69. The lowest BCUT2D eigenvalue weighted by Crippen LogP contribution is -2.42. The number of carbonyl (C=O) groups is 1. The van der Waals surface area contributed by atoms with Crippen molar-refractivity contribution >= 4 is 17.3 Å². The number of anilines is 2. The van der Waals surface area contributed by atoms with E-state index in [1.807, 2.05) is 31.2 Å². The number of amides is 1. The summed E-state index contributed by atoms with van der Waals surface area (Å²) in [6.07, 6.45) is 2.46. The maximum Gasteiger partial charge on any atom is 0.246 e. The van der Waals surface area contributed by atoms with Crippen molar-refractivity contribution in [2.75, 3.05) is 29.4 Å². The maximum atomic E-state index is 13.1. The first kappa shape index (κ1) is 18.0. The first-order valence-corrected chi connectivity index (χ1v) is 9.17. The highest BCUT2D eigenvalue weighted by Gasteiger charge is 2.22. The Bertz CT molecular complexity index is 838. The zero-order valence-corrected chi connectivity index (χ0v) is 15.5. The largest absolute Gasteiger partial charge is 0.362 e. The first-order valence-electron chi connectivity index (χ1n) is 9.17. The number of hydrogen-bond acceptors (Lipinski definition) is 3. The van der Waals surface area contributed by atoms with Crippen LogP contribution in [0.3, 0.4) is 0 Å². The summed E-state index contributed by atoms with van der Waals surface area (Å²) in [5, 5.41) is 9.00. The van der Waals surface area contributed by atoms with E-state index in [1.54, 1.807) is 4.90 Å². The van der Waals surface area contributed by atoms with Crippen LogP contribution in [0.1, 0.15) is 29.5 Å². The fourth-order valence-corrected chi connectivity index (χ4v) is 3.48. The van der Waals surface area contributed by atoms with Crippen LogP contribution in [0, 0.1) is 25.2 Å². The van der Waals surface area contributed by atoms with E-state index in [9.17, 15) is 4.79 Å². The van der Waals surface area contributed by atoms with Crippen LogP contribution in [0.15, 0.2) is 42.5 Å². The van der Waals surface area contributed by atoms with Gasteiger partial charge in [-0.15, -0.1) is 0 Å². The van der Waals surface area contributed by atoms with Gasteiger partial charge in [0.1, 0.15) is 0 Å². The van der Waals surface area contributed by atoms with Gasteiger partial charge in [-0.1, -0.05) is 24.3 Å². The van der Waals surface area contributed by atoms with Crippen LogP contribution in [0.2, 0.25) is 0 Å². The van der Waals surface area contributed by atoms with Crippen molar-refractivity contribution in [1.82, 2.24) is 0 Å². The fraction of sp³-hybridized carbons (Fsp3) is 0.364. The lowest BCUT2D eigenvalue weighted by molar-refractivity contribution is -0.117. The van der Waals surface area contributed by atoms with Gasteiger partial charge < -0.3 is 9.80 Å². The van der Waals surface area contributed by atoms with Crippen LogP contribution in [0.25, 0.3) is 0 Å². The van der Waals surface area contributed by atoms with Crippen molar-refractivity contribution in [2.24, 2.45) is 0 Å². The molecule has 0 saturated heterocycles. The summed E-state index contributed by atoms with van der Waals surface area (Å²) < 4.78 is 0. The molecule has 0 saturated carbocycles. The van der Waals surface area contributed by atoms with Gasteiger partial charge in [0.15, 0.2) is 0 Å². The molecule has 0 atom stereocenters. The number of hydrogen-bond donors (Lipinski definition) is 0. The Morgan fingerprint density at radius 1 is 1.19 bits per heavy atom. The number of fused-ring (bicyclic) bond motifs is 1. The van der Waals surface area contributed by atoms with Crippen molar-refractivity contribution in [3.8, 4) is 6.07 Å². The Morgan fingerprint density at radius 2 is 2.00 bits per heavy atom. The molecule has 0 unspecified atom stereocenters. The van der Waals surface area contributed by atoms with Gasteiger partial charge in [-0.05, 0) is 61.6 Å². The highest BCUT2D eigenvalue weighted by atomic mass is 16.2.